The number of hydrogen-bond donors (Lipinski definition) is 2. The van der Waals surface area contributed by atoms with E-state index in [1.54, 1.807) is 0 Å². The summed E-state index contributed by atoms with van der Waals surface area (Å²) >= 11 is 1.25. The van der Waals surface area contributed by atoms with E-state index in [-0.39, 0.29) is 4.87 Å². The van der Waals surface area contributed by atoms with E-state index in [2.05, 4.69) is 36.1 Å². The van der Waals surface area contributed by atoms with Gasteiger partial charge in [-0.15, -0.1) is 0 Å². The summed E-state index contributed by atoms with van der Waals surface area (Å²) in [6.45, 7) is 4.34. The van der Waals surface area contributed by atoms with Crippen LogP contribution in [0.1, 0.15) is 25.3 Å². The first kappa shape index (κ1) is 9.66. The topological polar surface area (TPSA) is 48.6 Å². The van der Waals surface area contributed by atoms with E-state index in [1.165, 1.54) is 22.3 Å². The van der Waals surface area contributed by atoms with Gasteiger partial charge in [0.05, 0.1) is 10.2 Å². The minimum absolute atomic E-state index is 0.00810. The first-order valence-corrected chi connectivity index (χ1v) is 6.10. The van der Waals surface area contributed by atoms with Crippen molar-refractivity contribution >= 4 is 32.5 Å². The Morgan fingerprint density at radius 3 is 2.81 bits per heavy atom. The van der Waals surface area contributed by atoms with Gasteiger partial charge in [0.1, 0.15) is 0 Å². The molecule has 0 bridgehead atoms. The van der Waals surface area contributed by atoms with Crippen LogP contribution in [0.15, 0.2) is 23.1 Å². The molecular formula is C12H12N2OS. The third-order valence-corrected chi connectivity index (χ3v) is 3.72. The summed E-state index contributed by atoms with van der Waals surface area (Å²) in [5, 5.41) is 1.21. The smallest absolute Gasteiger partial charge is 0.305 e. The molecule has 0 amide bonds. The summed E-state index contributed by atoms with van der Waals surface area (Å²) in [5.41, 5.74) is 3.33. The van der Waals surface area contributed by atoms with Crippen molar-refractivity contribution < 1.29 is 0 Å². The second kappa shape index (κ2) is 3.22. The molecule has 3 nitrogen and oxygen atoms in total. The van der Waals surface area contributed by atoms with Crippen molar-refractivity contribution in [3.8, 4) is 0 Å². The molecule has 3 aromatic rings. The van der Waals surface area contributed by atoms with Crippen LogP contribution in [-0.4, -0.2) is 9.97 Å². The fourth-order valence-electron chi connectivity index (χ4n) is 2.07. The zero-order valence-corrected chi connectivity index (χ0v) is 9.94. The standard InChI is InChI=1S/C12H12N2OS/c1-6(2)8-5-13-9-4-11-10(3-7(8)9)14-12(15)16-11/h3-6,13H,1-2H3,(H,14,15). The largest absolute Gasteiger partial charge is 0.361 e. The molecule has 0 radical (unpaired) electrons. The summed E-state index contributed by atoms with van der Waals surface area (Å²) in [7, 11) is 0. The molecular weight excluding hydrogens is 220 g/mol. The molecule has 0 aliphatic rings. The Hall–Kier alpha value is -1.55. The number of thiazole rings is 1. The van der Waals surface area contributed by atoms with Crippen LogP contribution in [0.3, 0.4) is 0 Å². The van der Waals surface area contributed by atoms with E-state index in [1.807, 2.05) is 6.07 Å². The fraction of sp³-hybridized carbons (Fsp3) is 0.250. The maximum atomic E-state index is 11.3. The number of rotatable bonds is 1. The highest BCUT2D eigenvalue weighted by molar-refractivity contribution is 7.16. The molecule has 2 heterocycles. The molecule has 1 aromatic carbocycles. The molecule has 0 spiro atoms. The van der Waals surface area contributed by atoms with Gasteiger partial charge in [-0.05, 0) is 23.6 Å². The van der Waals surface area contributed by atoms with Crippen LogP contribution in [0.25, 0.3) is 21.1 Å². The van der Waals surface area contributed by atoms with Crippen molar-refractivity contribution in [1.82, 2.24) is 9.97 Å². The van der Waals surface area contributed by atoms with Crippen molar-refractivity contribution in [3.63, 3.8) is 0 Å². The Morgan fingerprint density at radius 1 is 1.25 bits per heavy atom. The van der Waals surface area contributed by atoms with E-state index >= 15 is 0 Å². The molecule has 3 rings (SSSR count). The lowest BCUT2D eigenvalue weighted by molar-refractivity contribution is 0.876. The summed E-state index contributed by atoms with van der Waals surface area (Å²) in [6.07, 6.45) is 2.05. The molecule has 4 heteroatoms. The highest BCUT2D eigenvalue weighted by atomic mass is 32.1. The van der Waals surface area contributed by atoms with Gasteiger partial charge in [-0.25, -0.2) is 0 Å². The van der Waals surface area contributed by atoms with Crippen LogP contribution in [0.5, 0.6) is 0 Å². The average molecular weight is 232 g/mol. The molecule has 0 aliphatic carbocycles. The van der Waals surface area contributed by atoms with E-state index in [4.69, 9.17) is 0 Å². The summed E-state index contributed by atoms with van der Waals surface area (Å²) in [6, 6.07) is 4.10. The van der Waals surface area contributed by atoms with Crippen molar-refractivity contribution in [2.45, 2.75) is 19.8 Å². The Morgan fingerprint density at radius 2 is 2.06 bits per heavy atom. The second-order valence-corrected chi connectivity index (χ2v) is 5.32. The SMILES string of the molecule is CC(C)c1c[nH]c2cc3sc(=O)[nH]c3cc12. The second-order valence-electron chi connectivity index (χ2n) is 4.31. The number of aromatic nitrogens is 2. The van der Waals surface area contributed by atoms with Gasteiger partial charge in [0.25, 0.3) is 0 Å². The van der Waals surface area contributed by atoms with Gasteiger partial charge < -0.3 is 9.97 Å². The molecule has 0 saturated carbocycles. The number of benzene rings is 1. The molecule has 0 atom stereocenters. The maximum Gasteiger partial charge on any atom is 0.305 e. The predicted octanol–water partition coefficient (Wildman–Crippen LogP) is 3.19. The highest BCUT2D eigenvalue weighted by Crippen LogP contribution is 2.29. The minimum atomic E-state index is 0.00810. The maximum absolute atomic E-state index is 11.3. The van der Waals surface area contributed by atoms with E-state index in [9.17, 15) is 4.79 Å². The number of hydrogen-bond acceptors (Lipinski definition) is 2. The third kappa shape index (κ3) is 1.30. The predicted molar refractivity (Wildman–Crippen MR) is 68.4 cm³/mol. The summed E-state index contributed by atoms with van der Waals surface area (Å²) < 4.78 is 1.01. The van der Waals surface area contributed by atoms with Gasteiger partial charge in [-0.2, -0.15) is 0 Å². The number of nitrogens with one attached hydrogen (secondary N) is 2. The number of fused-ring (bicyclic) bond motifs is 2. The summed E-state index contributed by atoms with van der Waals surface area (Å²) in [5.74, 6) is 0.483. The molecule has 0 fully saturated rings. The molecule has 0 unspecified atom stereocenters. The lowest BCUT2D eigenvalue weighted by atomic mass is 10.0. The zero-order chi connectivity index (χ0) is 11.3. The first-order chi connectivity index (χ1) is 7.65. The lowest BCUT2D eigenvalue weighted by Gasteiger charge is -2.01. The zero-order valence-electron chi connectivity index (χ0n) is 9.13. The van der Waals surface area contributed by atoms with Crippen LogP contribution in [0.4, 0.5) is 0 Å². The van der Waals surface area contributed by atoms with E-state index in [0.29, 0.717) is 5.92 Å². The third-order valence-electron chi connectivity index (χ3n) is 2.88. The molecule has 16 heavy (non-hydrogen) atoms. The van der Waals surface area contributed by atoms with Crippen LogP contribution >= 0.6 is 11.3 Å². The molecule has 2 aromatic heterocycles. The van der Waals surface area contributed by atoms with E-state index in [0.717, 1.165) is 15.7 Å². The number of H-pyrrole nitrogens is 2. The highest BCUT2D eigenvalue weighted by Gasteiger charge is 2.09. The molecule has 0 saturated heterocycles. The molecule has 2 N–H and O–H groups in total. The van der Waals surface area contributed by atoms with Gasteiger partial charge in [-0.3, -0.25) is 4.79 Å². The van der Waals surface area contributed by atoms with Crippen molar-refractivity contribution in [2.75, 3.05) is 0 Å². The van der Waals surface area contributed by atoms with Gasteiger partial charge >= 0.3 is 4.87 Å². The normalized spacial score (nSPS) is 11.9. The fourth-order valence-corrected chi connectivity index (χ4v) is 2.82. The summed E-state index contributed by atoms with van der Waals surface area (Å²) in [4.78, 5) is 17.4. The van der Waals surface area contributed by atoms with Gasteiger partial charge in [0.2, 0.25) is 0 Å². The molecule has 82 valence electrons. The Kier molecular flexibility index (Phi) is 1.94. The van der Waals surface area contributed by atoms with Crippen LogP contribution < -0.4 is 4.87 Å². The molecule has 0 aliphatic heterocycles. The average Bonchev–Trinajstić information content (AvgIpc) is 2.74. The lowest BCUT2D eigenvalue weighted by Crippen LogP contribution is -1.89. The Bertz CT molecular complexity index is 717. The van der Waals surface area contributed by atoms with Crippen molar-refractivity contribution in [1.29, 1.82) is 0 Å². The first-order valence-electron chi connectivity index (χ1n) is 5.29. The van der Waals surface area contributed by atoms with Crippen molar-refractivity contribution in [2.24, 2.45) is 0 Å². The number of aromatic amines is 2. The monoisotopic (exact) mass is 232 g/mol. The van der Waals surface area contributed by atoms with Crippen LogP contribution in [-0.2, 0) is 0 Å². The Labute approximate surface area is 96.1 Å². The van der Waals surface area contributed by atoms with E-state index < -0.39 is 0 Å². The van der Waals surface area contributed by atoms with Crippen molar-refractivity contribution in [3.05, 3.63) is 33.6 Å². The minimum Gasteiger partial charge on any atom is -0.361 e. The van der Waals surface area contributed by atoms with Gasteiger partial charge in [0, 0.05) is 17.1 Å². The van der Waals surface area contributed by atoms with Crippen LogP contribution in [0, 0.1) is 0 Å². The van der Waals surface area contributed by atoms with Gasteiger partial charge in [0.15, 0.2) is 0 Å². The Balaban J connectivity index is 2.43. The van der Waals surface area contributed by atoms with Gasteiger partial charge in [-0.1, -0.05) is 25.2 Å². The van der Waals surface area contributed by atoms with Crippen LogP contribution in [0.2, 0.25) is 0 Å². The quantitative estimate of drug-likeness (QED) is 0.665.